The van der Waals surface area contributed by atoms with Crippen LogP contribution in [0.1, 0.15) is 33.3 Å². The summed E-state index contributed by atoms with van der Waals surface area (Å²) in [5.74, 6) is -1.61. The first-order valence-corrected chi connectivity index (χ1v) is 7.77. The van der Waals surface area contributed by atoms with Crippen LogP contribution in [0.2, 0.25) is 0 Å². The molecule has 4 nitrogen and oxygen atoms in total. The number of benzene rings is 1. The standard InChI is InChI=1S/C17H21BFNO3/c1-11(19)15(21)20-9-8-12-10-13(6-7-14(12)20)18-22-16(2,3)17(4,5)23-18/h6-7,10H,1,8-9H2,2-5H3. The molecule has 122 valence electrons. The van der Waals surface area contributed by atoms with Crippen molar-refractivity contribution in [3.8, 4) is 0 Å². The van der Waals surface area contributed by atoms with Gasteiger partial charge >= 0.3 is 7.12 Å². The fourth-order valence-electron chi connectivity index (χ4n) is 2.90. The Morgan fingerprint density at radius 2 is 1.87 bits per heavy atom. The van der Waals surface area contributed by atoms with Crippen LogP contribution in [-0.4, -0.2) is 30.8 Å². The first kappa shape index (κ1) is 16.2. The Labute approximate surface area is 136 Å². The molecule has 1 aromatic rings. The van der Waals surface area contributed by atoms with Crippen molar-refractivity contribution in [2.24, 2.45) is 0 Å². The van der Waals surface area contributed by atoms with Crippen molar-refractivity contribution in [2.45, 2.75) is 45.3 Å². The van der Waals surface area contributed by atoms with Gasteiger partial charge in [0.1, 0.15) is 0 Å². The largest absolute Gasteiger partial charge is 0.494 e. The summed E-state index contributed by atoms with van der Waals surface area (Å²) in [6.45, 7) is 11.6. The van der Waals surface area contributed by atoms with Gasteiger partial charge in [-0.25, -0.2) is 4.39 Å². The molecule has 23 heavy (non-hydrogen) atoms. The first-order chi connectivity index (χ1) is 10.6. The Bertz CT molecular complexity index is 670. The molecule has 0 bridgehead atoms. The summed E-state index contributed by atoms with van der Waals surface area (Å²) in [5, 5.41) is 0. The summed E-state index contributed by atoms with van der Waals surface area (Å²) in [4.78, 5) is 13.2. The minimum absolute atomic E-state index is 0.398. The fourth-order valence-corrected chi connectivity index (χ4v) is 2.90. The number of rotatable bonds is 2. The van der Waals surface area contributed by atoms with Crippen molar-refractivity contribution < 1.29 is 18.5 Å². The summed E-state index contributed by atoms with van der Waals surface area (Å²) in [6.07, 6.45) is 0.682. The molecule has 0 aromatic heterocycles. The average Bonchev–Trinajstić information content (AvgIpc) is 2.96. The maximum absolute atomic E-state index is 13.1. The second kappa shape index (κ2) is 5.18. The van der Waals surface area contributed by atoms with Crippen molar-refractivity contribution in [2.75, 3.05) is 11.4 Å². The molecule has 3 rings (SSSR count). The zero-order chi connectivity index (χ0) is 17.0. The molecule has 1 fully saturated rings. The Morgan fingerprint density at radius 1 is 1.26 bits per heavy atom. The van der Waals surface area contributed by atoms with E-state index >= 15 is 0 Å². The molecular formula is C17H21BFNO3. The van der Waals surface area contributed by atoms with Crippen LogP contribution in [-0.2, 0) is 20.5 Å². The van der Waals surface area contributed by atoms with E-state index in [1.807, 2.05) is 45.9 Å². The van der Waals surface area contributed by atoms with Crippen molar-refractivity contribution in [1.29, 1.82) is 0 Å². The number of amides is 1. The summed E-state index contributed by atoms with van der Waals surface area (Å²) >= 11 is 0. The number of halogens is 1. The monoisotopic (exact) mass is 317 g/mol. The van der Waals surface area contributed by atoms with E-state index in [4.69, 9.17) is 9.31 Å². The van der Waals surface area contributed by atoms with Gasteiger partial charge in [-0.05, 0) is 51.2 Å². The van der Waals surface area contributed by atoms with Gasteiger partial charge < -0.3 is 14.2 Å². The Kier molecular flexibility index (Phi) is 3.65. The second-order valence-corrected chi connectivity index (χ2v) is 7.09. The van der Waals surface area contributed by atoms with E-state index < -0.39 is 30.1 Å². The molecule has 0 unspecified atom stereocenters. The highest BCUT2D eigenvalue weighted by molar-refractivity contribution is 6.62. The first-order valence-electron chi connectivity index (χ1n) is 7.77. The summed E-state index contributed by atoms with van der Waals surface area (Å²) in [5.41, 5.74) is 1.84. The fraction of sp³-hybridized carbons (Fsp3) is 0.471. The van der Waals surface area contributed by atoms with E-state index in [9.17, 15) is 9.18 Å². The van der Waals surface area contributed by atoms with E-state index in [0.29, 0.717) is 13.0 Å². The number of carbonyl (C=O) groups is 1. The van der Waals surface area contributed by atoms with Crippen LogP contribution in [0.25, 0.3) is 0 Å². The molecule has 1 aromatic carbocycles. The van der Waals surface area contributed by atoms with Crippen molar-refractivity contribution in [1.82, 2.24) is 0 Å². The Morgan fingerprint density at radius 3 is 2.43 bits per heavy atom. The lowest BCUT2D eigenvalue weighted by Gasteiger charge is -2.32. The maximum atomic E-state index is 13.1. The molecular weight excluding hydrogens is 296 g/mol. The number of carbonyl (C=O) groups excluding carboxylic acids is 1. The van der Waals surface area contributed by atoms with E-state index in [2.05, 4.69) is 6.58 Å². The zero-order valence-corrected chi connectivity index (χ0v) is 14.0. The normalized spacial score (nSPS) is 21.4. The number of anilines is 1. The Balaban J connectivity index is 1.87. The lowest BCUT2D eigenvalue weighted by atomic mass is 9.78. The van der Waals surface area contributed by atoms with Crippen LogP contribution in [0, 0.1) is 0 Å². The molecule has 0 radical (unpaired) electrons. The van der Waals surface area contributed by atoms with Crippen LogP contribution >= 0.6 is 0 Å². The third-order valence-electron chi connectivity index (χ3n) is 5.00. The minimum atomic E-state index is -0.937. The van der Waals surface area contributed by atoms with E-state index in [0.717, 1.165) is 16.7 Å². The molecule has 1 saturated heterocycles. The van der Waals surface area contributed by atoms with Gasteiger partial charge in [-0.1, -0.05) is 18.7 Å². The van der Waals surface area contributed by atoms with E-state index in [-0.39, 0.29) is 0 Å². The van der Waals surface area contributed by atoms with Gasteiger partial charge in [-0.15, -0.1) is 0 Å². The number of hydrogen-bond donors (Lipinski definition) is 0. The van der Waals surface area contributed by atoms with Gasteiger partial charge in [0.15, 0.2) is 5.83 Å². The highest BCUT2D eigenvalue weighted by Crippen LogP contribution is 2.37. The van der Waals surface area contributed by atoms with Crippen molar-refractivity contribution in [3.63, 3.8) is 0 Å². The predicted octanol–water partition coefficient (Wildman–Crippen LogP) is 2.36. The molecule has 0 spiro atoms. The van der Waals surface area contributed by atoms with Crippen LogP contribution in [0.4, 0.5) is 10.1 Å². The summed E-state index contributed by atoms with van der Waals surface area (Å²) in [7, 11) is -0.439. The number of fused-ring (bicyclic) bond motifs is 1. The van der Waals surface area contributed by atoms with Gasteiger partial charge in [0.2, 0.25) is 0 Å². The van der Waals surface area contributed by atoms with Crippen molar-refractivity contribution in [3.05, 3.63) is 36.2 Å². The number of nitrogens with zero attached hydrogens (tertiary/aromatic N) is 1. The van der Waals surface area contributed by atoms with Gasteiger partial charge in [-0.2, -0.15) is 0 Å². The second-order valence-electron chi connectivity index (χ2n) is 7.09. The third kappa shape index (κ3) is 2.60. The molecule has 0 saturated carbocycles. The van der Waals surface area contributed by atoms with Gasteiger partial charge in [0.05, 0.1) is 11.2 Å². The van der Waals surface area contributed by atoms with E-state index in [1.54, 1.807) is 0 Å². The zero-order valence-electron chi connectivity index (χ0n) is 14.0. The summed E-state index contributed by atoms with van der Waals surface area (Å²) in [6, 6.07) is 5.67. The van der Waals surface area contributed by atoms with E-state index in [1.165, 1.54) is 4.90 Å². The molecule has 0 aliphatic carbocycles. The highest BCUT2D eigenvalue weighted by atomic mass is 19.1. The van der Waals surface area contributed by atoms with Crippen LogP contribution in [0.15, 0.2) is 30.6 Å². The highest BCUT2D eigenvalue weighted by Gasteiger charge is 2.51. The quantitative estimate of drug-likeness (QED) is 0.621. The third-order valence-corrected chi connectivity index (χ3v) is 5.00. The Hall–Kier alpha value is -1.66. The van der Waals surface area contributed by atoms with Gasteiger partial charge in [0.25, 0.3) is 5.91 Å². The van der Waals surface area contributed by atoms with Crippen LogP contribution in [0.5, 0.6) is 0 Å². The van der Waals surface area contributed by atoms with Crippen LogP contribution < -0.4 is 10.4 Å². The lowest BCUT2D eigenvalue weighted by Crippen LogP contribution is -2.41. The topological polar surface area (TPSA) is 38.8 Å². The van der Waals surface area contributed by atoms with Crippen molar-refractivity contribution >= 4 is 24.2 Å². The van der Waals surface area contributed by atoms with Gasteiger partial charge in [-0.3, -0.25) is 4.79 Å². The maximum Gasteiger partial charge on any atom is 0.494 e. The molecule has 2 aliphatic heterocycles. The molecule has 0 atom stereocenters. The van der Waals surface area contributed by atoms with Gasteiger partial charge in [0, 0.05) is 12.2 Å². The van der Waals surface area contributed by atoms with Crippen LogP contribution in [0.3, 0.4) is 0 Å². The SMILES string of the molecule is C=C(F)C(=O)N1CCc2cc(B3OC(C)(C)C(C)(C)O3)ccc21. The molecule has 1 amide bonds. The minimum Gasteiger partial charge on any atom is -0.399 e. The smallest absolute Gasteiger partial charge is 0.399 e. The molecule has 6 heteroatoms. The molecule has 2 aliphatic rings. The molecule has 0 N–H and O–H groups in total. The summed E-state index contributed by atoms with van der Waals surface area (Å²) < 4.78 is 25.2. The predicted molar refractivity (Wildman–Crippen MR) is 88.5 cm³/mol. The average molecular weight is 317 g/mol. The number of hydrogen-bond acceptors (Lipinski definition) is 3. The lowest BCUT2D eigenvalue weighted by molar-refractivity contribution is -0.116. The molecule has 2 heterocycles.